The summed E-state index contributed by atoms with van der Waals surface area (Å²) in [6.07, 6.45) is 1.63. The number of ether oxygens (including phenoxy) is 1. The molecule has 0 aliphatic carbocycles. The molecule has 1 aromatic heterocycles. The summed E-state index contributed by atoms with van der Waals surface area (Å²) in [5.41, 5.74) is 0.435. The summed E-state index contributed by atoms with van der Waals surface area (Å²) in [5.74, 6) is 0.947. The monoisotopic (exact) mass is 304 g/mol. The number of carbonyl (C=O) groups is 1. The Morgan fingerprint density at radius 3 is 2.95 bits per heavy atom. The van der Waals surface area contributed by atoms with Gasteiger partial charge in [0.05, 0.1) is 17.2 Å². The van der Waals surface area contributed by atoms with Crippen molar-refractivity contribution in [3.63, 3.8) is 0 Å². The van der Waals surface area contributed by atoms with Gasteiger partial charge in [-0.1, -0.05) is 0 Å². The van der Waals surface area contributed by atoms with Gasteiger partial charge in [0.1, 0.15) is 0 Å². The minimum Gasteiger partial charge on any atom is -0.377 e. The Morgan fingerprint density at radius 1 is 1.45 bits per heavy atom. The van der Waals surface area contributed by atoms with E-state index in [0.29, 0.717) is 13.2 Å². The van der Waals surface area contributed by atoms with Gasteiger partial charge in [0, 0.05) is 25.7 Å². The normalized spacial score (nSPS) is 27.8. The second kappa shape index (κ2) is 5.83. The average Bonchev–Trinajstić information content (AvgIpc) is 2.91. The average molecular weight is 304 g/mol. The van der Waals surface area contributed by atoms with Gasteiger partial charge < -0.3 is 15.0 Å². The molecule has 3 rings (SSSR count). The summed E-state index contributed by atoms with van der Waals surface area (Å²) in [4.78, 5) is 15.0. The van der Waals surface area contributed by atoms with Crippen molar-refractivity contribution >= 4 is 11.7 Å². The number of hydrogen-bond donors (Lipinski definition) is 1. The minimum absolute atomic E-state index is 0.0147. The van der Waals surface area contributed by atoms with Crippen LogP contribution in [0, 0.1) is 12.3 Å². The maximum atomic E-state index is 12.8. The molecule has 6 nitrogen and oxygen atoms in total. The zero-order chi connectivity index (χ0) is 15.7. The molecule has 2 aliphatic heterocycles. The topological polar surface area (TPSA) is 67.3 Å². The van der Waals surface area contributed by atoms with Crippen LogP contribution < -0.4 is 10.2 Å². The van der Waals surface area contributed by atoms with Crippen LogP contribution >= 0.6 is 0 Å². The van der Waals surface area contributed by atoms with Crippen molar-refractivity contribution in [2.24, 2.45) is 5.41 Å². The Hall–Kier alpha value is -1.69. The van der Waals surface area contributed by atoms with E-state index in [9.17, 15) is 4.79 Å². The van der Waals surface area contributed by atoms with E-state index in [-0.39, 0.29) is 18.1 Å². The molecular weight excluding hydrogens is 280 g/mol. The van der Waals surface area contributed by atoms with E-state index in [2.05, 4.69) is 20.4 Å². The van der Waals surface area contributed by atoms with Crippen molar-refractivity contribution in [2.75, 3.05) is 24.6 Å². The van der Waals surface area contributed by atoms with Crippen molar-refractivity contribution in [1.29, 1.82) is 0 Å². The van der Waals surface area contributed by atoms with Gasteiger partial charge in [-0.3, -0.25) is 4.79 Å². The number of carbonyl (C=O) groups excluding carboxylic acids is 1. The van der Waals surface area contributed by atoms with Crippen LogP contribution in [0.2, 0.25) is 0 Å². The van der Waals surface area contributed by atoms with Gasteiger partial charge >= 0.3 is 0 Å². The molecule has 0 spiro atoms. The number of piperidine rings is 1. The third-order valence-electron chi connectivity index (χ3n) is 4.60. The highest BCUT2D eigenvalue weighted by molar-refractivity contribution is 5.85. The van der Waals surface area contributed by atoms with E-state index in [4.69, 9.17) is 4.74 Å². The number of aryl methyl sites for hydroxylation is 1. The van der Waals surface area contributed by atoms with Crippen LogP contribution in [0.15, 0.2) is 12.1 Å². The van der Waals surface area contributed by atoms with Gasteiger partial charge in [0.2, 0.25) is 5.91 Å². The van der Waals surface area contributed by atoms with E-state index in [0.717, 1.165) is 30.9 Å². The van der Waals surface area contributed by atoms with E-state index in [1.54, 1.807) is 0 Å². The summed E-state index contributed by atoms with van der Waals surface area (Å²) < 4.78 is 5.84. The first-order valence-electron chi connectivity index (χ1n) is 7.99. The largest absolute Gasteiger partial charge is 0.377 e. The van der Waals surface area contributed by atoms with Crippen LogP contribution in [0.1, 0.15) is 32.4 Å². The van der Waals surface area contributed by atoms with Crippen molar-refractivity contribution in [2.45, 2.75) is 45.8 Å². The maximum absolute atomic E-state index is 12.8. The smallest absolute Gasteiger partial charge is 0.230 e. The zero-order valence-electron chi connectivity index (χ0n) is 13.5. The molecule has 0 bridgehead atoms. The Labute approximate surface area is 131 Å². The summed E-state index contributed by atoms with van der Waals surface area (Å²) in [7, 11) is 0. The molecule has 0 radical (unpaired) electrons. The first kappa shape index (κ1) is 15.2. The lowest BCUT2D eigenvalue weighted by molar-refractivity contribution is -0.135. The number of nitrogens with one attached hydrogen (secondary N) is 1. The van der Waals surface area contributed by atoms with Gasteiger partial charge in [-0.05, 0) is 45.7 Å². The quantitative estimate of drug-likeness (QED) is 0.911. The Balaban J connectivity index is 1.83. The number of amides is 1. The molecule has 22 heavy (non-hydrogen) atoms. The Kier molecular flexibility index (Phi) is 4.04. The van der Waals surface area contributed by atoms with Crippen LogP contribution in [0.4, 0.5) is 5.82 Å². The number of nitrogens with zero attached hydrogens (tertiary/aromatic N) is 3. The minimum atomic E-state index is -0.463. The maximum Gasteiger partial charge on any atom is 0.230 e. The van der Waals surface area contributed by atoms with Crippen molar-refractivity contribution in [3.8, 4) is 0 Å². The van der Waals surface area contributed by atoms with E-state index in [1.807, 2.05) is 32.9 Å². The van der Waals surface area contributed by atoms with Crippen molar-refractivity contribution in [3.05, 3.63) is 17.8 Å². The molecular formula is C16H24N4O2. The molecule has 2 fully saturated rings. The zero-order valence-corrected chi connectivity index (χ0v) is 13.5. The molecule has 0 unspecified atom stereocenters. The lowest BCUT2D eigenvalue weighted by Gasteiger charge is -2.43. The summed E-state index contributed by atoms with van der Waals surface area (Å²) >= 11 is 0. The van der Waals surface area contributed by atoms with Gasteiger partial charge in [-0.15, -0.1) is 5.10 Å². The lowest BCUT2D eigenvalue weighted by atomic mass is 9.75. The molecule has 1 amide bonds. The molecule has 3 heterocycles. The first-order chi connectivity index (χ1) is 10.5. The van der Waals surface area contributed by atoms with E-state index in [1.165, 1.54) is 0 Å². The summed E-state index contributed by atoms with van der Waals surface area (Å²) in [6.45, 7) is 8.05. The number of fused-ring (bicyclic) bond motifs is 1. The predicted octanol–water partition coefficient (Wildman–Crippen LogP) is 1.30. The van der Waals surface area contributed by atoms with Gasteiger partial charge in [-0.2, -0.15) is 5.10 Å². The van der Waals surface area contributed by atoms with Crippen LogP contribution in [-0.2, 0) is 9.53 Å². The van der Waals surface area contributed by atoms with E-state index >= 15 is 0 Å². The number of rotatable bonds is 3. The van der Waals surface area contributed by atoms with Crippen LogP contribution in [0.5, 0.6) is 0 Å². The second-order valence-electron chi connectivity index (χ2n) is 6.64. The second-order valence-corrected chi connectivity index (χ2v) is 6.64. The molecule has 2 saturated heterocycles. The number of anilines is 1. The van der Waals surface area contributed by atoms with Gasteiger partial charge in [0.15, 0.2) is 5.82 Å². The molecule has 2 aliphatic rings. The molecule has 0 saturated carbocycles. The lowest BCUT2D eigenvalue weighted by Crippen LogP contribution is -2.58. The van der Waals surface area contributed by atoms with Crippen molar-refractivity contribution < 1.29 is 9.53 Å². The third-order valence-corrected chi connectivity index (χ3v) is 4.60. The molecule has 1 N–H and O–H groups in total. The highest BCUT2D eigenvalue weighted by atomic mass is 16.5. The number of hydrogen-bond acceptors (Lipinski definition) is 5. The molecule has 1 aromatic rings. The Morgan fingerprint density at radius 2 is 2.27 bits per heavy atom. The molecule has 6 heteroatoms. The fourth-order valence-electron chi connectivity index (χ4n) is 3.43. The van der Waals surface area contributed by atoms with Gasteiger partial charge in [-0.25, -0.2) is 0 Å². The molecule has 0 aromatic carbocycles. The highest BCUT2D eigenvalue weighted by Gasteiger charge is 2.53. The summed E-state index contributed by atoms with van der Waals surface area (Å²) in [6, 6.07) is 4.07. The molecule has 120 valence electrons. The van der Waals surface area contributed by atoms with Crippen LogP contribution in [-0.4, -0.2) is 47.9 Å². The highest BCUT2D eigenvalue weighted by Crippen LogP contribution is 2.42. The SMILES string of the molecule is Cc1ccc(N2CC[C@H]3OCC[C@]3(C(=O)NC(C)C)C2)nn1. The van der Waals surface area contributed by atoms with Crippen molar-refractivity contribution in [1.82, 2.24) is 15.5 Å². The van der Waals surface area contributed by atoms with E-state index < -0.39 is 5.41 Å². The fraction of sp³-hybridized carbons (Fsp3) is 0.688. The number of aromatic nitrogens is 2. The third kappa shape index (κ3) is 2.67. The van der Waals surface area contributed by atoms with Crippen LogP contribution in [0.3, 0.4) is 0 Å². The molecule has 2 atom stereocenters. The first-order valence-corrected chi connectivity index (χ1v) is 7.99. The Bertz CT molecular complexity index is 546. The standard InChI is InChI=1S/C16H24N4O2/c1-11(2)17-15(21)16-7-9-22-13(16)6-8-20(10-16)14-5-4-12(3)18-19-14/h4-5,11,13H,6-10H2,1-3H3,(H,17,21)/t13-,16+/m1/s1. The van der Waals surface area contributed by atoms with Crippen LogP contribution in [0.25, 0.3) is 0 Å². The van der Waals surface area contributed by atoms with Gasteiger partial charge in [0.25, 0.3) is 0 Å². The predicted molar refractivity (Wildman–Crippen MR) is 83.7 cm³/mol. The summed E-state index contributed by atoms with van der Waals surface area (Å²) in [5, 5.41) is 11.5. The fourth-order valence-corrected chi connectivity index (χ4v) is 3.43.